The Morgan fingerprint density at radius 1 is 1.57 bits per heavy atom. The Morgan fingerprint density at radius 2 is 2.29 bits per heavy atom. The first-order valence-corrected chi connectivity index (χ1v) is 4.24. The lowest BCUT2D eigenvalue weighted by Gasteiger charge is -1.99. The maximum Gasteiger partial charge on any atom is 0.170 e. The highest BCUT2D eigenvalue weighted by atomic mass is 16.1. The molecule has 2 N–H and O–H groups in total. The van der Waals surface area contributed by atoms with Gasteiger partial charge in [0.15, 0.2) is 12.1 Å². The summed E-state index contributed by atoms with van der Waals surface area (Å²) in [4.78, 5) is 22.2. The number of nitrogens with zero attached hydrogens (tertiary/aromatic N) is 3. The number of aromatic nitrogens is 2. The first-order valence-electron chi connectivity index (χ1n) is 4.24. The van der Waals surface area contributed by atoms with Gasteiger partial charge in [-0.15, -0.1) is 0 Å². The highest BCUT2D eigenvalue weighted by molar-refractivity contribution is 5.84. The molecule has 0 aliphatic carbocycles. The number of carbonyl (C=O) groups excluding carboxylic acids is 1. The second kappa shape index (κ2) is 4.45. The van der Waals surface area contributed by atoms with Crippen LogP contribution >= 0.6 is 0 Å². The molecule has 14 heavy (non-hydrogen) atoms. The molecule has 1 rings (SSSR count). The van der Waals surface area contributed by atoms with E-state index in [9.17, 15) is 4.79 Å². The van der Waals surface area contributed by atoms with Crippen molar-refractivity contribution < 1.29 is 4.79 Å². The van der Waals surface area contributed by atoms with Crippen molar-refractivity contribution >= 4 is 18.3 Å². The van der Waals surface area contributed by atoms with Crippen molar-refractivity contribution in [2.75, 3.05) is 5.73 Å². The lowest BCUT2D eigenvalue weighted by atomic mass is 10.4. The minimum absolute atomic E-state index is 0.182. The molecule has 1 heterocycles. The van der Waals surface area contributed by atoms with Gasteiger partial charge in [-0.1, -0.05) is 0 Å². The summed E-state index contributed by atoms with van der Waals surface area (Å²) in [5.41, 5.74) is 6.28. The predicted octanol–water partition coefficient (Wildman–Crippen LogP) is 0.699. The molecule has 0 spiro atoms. The molecular weight excluding hydrogens is 180 g/mol. The minimum atomic E-state index is 0.182. The monoisotopic (exact) mass is 192 g/mol. The summed E-state index contributed by atoms with van der Waals surface area (Å²) in [5, 5.41) is 0. The Hall–Kier alpha value is -1.78. The van der Waals surface area contributed by atoms with E-state index < -0.39 is 0 Å². The summed E-state index contributed by atoms with van der Waals surface area (Å²) in [5.74, 6) is 0.221. The number of hydrogen-bond donors (Lipinski definition) is 1. The zero-order chi connectivity index (χ0) is 10.6. The number of aldehydes is 1. The average molecular weight is 192 g/mol. The van der Waals surface area contributed by atoms with Gasteiger partial charge in [-0.3, -0.25) is 9.79 Å². The molecule has 0 aliphatic rings. The van der Waals surface area contributed by atoms with Crippen molar-refractivity contribution in [1.29, 1.82) is 0 Å². The molecule has 0 atom stereocenters. The maximum atomic E-state index is 10.3. The van der Waals surface area contributed by atoms with Gasteiger partial charge in [0.05, 0.1) is 12.4 Å². The topological polar surface area (TPSA) is 81.2 Å². The lowest BCUT2D eigenvalue weighted by Crippen LogP contribution is -2.03. The fourth-order valence-corrected chi connectivity index (χ4v) is 0.803. The Bertz CT molecular complexity index is 360. The zero-order valence-electron chi connectivity index (χ0n) is 8.14. The van der Waals surface area contributed by atoms with Gasteiger partial charge in [-0.2, -0.15) is 0 Å². The summed E-state index contributed by atoms with van der Waals surface area (Å²) in [6, 6.07) is 0.182. The second-order valence-corrected chi connectivity index (χ2v) is 3.06. The van der Waals surface area contributed by atoms with Crippen molar-refractivity contribution in [1.82, 2.24) is 9.97 Å². The average Bonchev–Trinajstić information content (AvgIpc) is 2.15. The summed E-state index contributed by atoms with van der Waals surface area (Å²) < 4.78 is 0. The van der Waals surface area contributed by atoms with Gasteiger partial charge in [0, 0.05) is 6.04 Å². The molecule has 0 fully saturated rings. The molecule has 0 radical (unpaired) electrons. The number of nitrogens with two attached hydrogens (primary N) is 1. The van der Waals surface area contributed by atoms with Crippen molar-refractivity contribution in [3.8, 4) is 0 Å². The highest BCUT2D eigenvalue weighted by Gasteiger charge is 2.01. The van der Waals surface area contributed by atoms with Crippen molar-refractivity contribution in [3.63, 3.8) is 0 Å². The number of nitrogen functional groups attached to an aromatic ring is 1. The normalized spacial score (nSPS) is 11.1. The maximum absolute atomic E-state index is 10.3. The first-order chi connectivity index (χ1) is 6.63. The molecule has 0 aliphatic heterocycles. The van der Waals surface area contributed by atoms with E-state index in [1.54, 1.807) is 6.21 Å². The van der Waals surface area contributed by atoms with Gasteiger partial charge in [-0.25, -0.2) is 9.97 Å². The third kappa shape index (κ3) is 2.62. The van der Waals surface area contributed by atoms with Gasteiger partial charge < -0.3 is 5.73 Å². The number of rotatable bonds is 3. The minimum Gasteiger partial charge on any atom is -0.382 e. The molecule has 5 nitrogen and oxygen atoms in total. The van der Waals surface area contributed by atoms with Gasteiger partial charge in [0.2, 0.25) is 0 Å². The van der Waals surface area contributed by atoms with Crippen LogP contribution in [0.4, 0.5) is 5.82 Å². The molecule has 1 aromatic heterocycles. The van der Waals surface area contributed by atoms with Crippen LogP contribution in [0.15, 0.2) is 11.2 Å². The first kappa shape index (κ1) is 10.3. The van der Waals surface area contributed by atoms with E-state index >= 15 is 0 Å². The van der Waals surface area contributed by atoms with Gasteiger partial charge in [0.25, 0.3) is 0 Å². The molecule has 0 unspecified atom stereocenters. The van der Waals surface area contributed by atoms with E-state index in [4.69, 9.17) is 5.73 Å². The molecular formula is C9H12N4O. The fraction of sp³-hybridized carbons (Fsp3) is 0.333. The van der Waals surface area contributed by atoms with Crippen LogP contribution in [0, 0.1) is 0 Å². The Balaban J connectivity index is 2.94. The molecule has 0 saturated carbocycles. The molecule has 5 heteroatoms. The fourth-order valence-electron chi connectivity index (χ4n) is 0.803. The molecule has 0 saturated heterocycles. The van der Waals surface area contributed by atoms with Crippen LogP contribution in [-0.2, 0) is 0 Å². The smallest absolute Gasteiger partial charge is 0.170 e. The third-order valence-electron chi connectivity index (χ3n) is 1.46. The summed E-state index contributed by atoms with van der Waals surface area (Å²) >= 11 is 0. The predicted molar refractivity (Wildman–Crippen MR) is 54.6 cm³/mol. The number of hydrogen-bond acceptors (Lipinski definition) is 5. The number of carbonyl (C=O) groups is 1. The van der Waals surface area contributed by atoms with E-state index in [0.29, 0.717) is 12.0 Å². The van der Waals surface area contributed by atoms with Crippen LogP contribution in [0.1, 0.15) is 30.0 Å². The van der Waals surface area contributed by atoms with E-state index in [-0.39, 0.29) is 17.6 Å². The summed E-state index contributed by atoms with van der Waals surface area (Å²) in [6.45, 7) is 3.89. The van der Waals surface area contributed by atoms with Crippen LogP contribution in [-0.4, -0.2) is 28.5 Å². The molecule has 0 bridgehead atoms. The second-order valence-electron chi connectivity index (χ2n) is 3.06. The van der Waals surface area contributed by atoms with Gasteiger partial charge >= 0.3 is 0 Å². The molecule has 1 aromatic rings. The summed E-state index contributed by atoms with van der Waals surface area (Å²) in [6.07, 6.45) is 3.53. The van der Waals surface area contributed by atoms with Crippen molar-refractivity contribution in [2.24, 2.45) is 4.99 Å². The van der Waals surface area contributed by atoms with Crippen molar-refractivity contribution in [3.05, 3.63) is 17.6 Å². The van der Waals surface area contributed by atoms with E-state index in [1.807, 2.05) is 13.8 Å². The zero-order valence-corrected chi connectivity index (χ0v) is 8.14. The van der Waals surface area contributed by atoms with Gasteiger partial charge in [0.1, 0.15) is 11.4 Å². The third-order valence-corrected chi connectivity index (χ3v) is 1.46. The molecule has 0 aromatic carbocycles. The SMILES string of the molecule is CC(C)N=Cc1ncc(C=O)nc1N. The summed E-state index contributed by atoms with van der Waals surface area (Å²) in [7, 11) is 0. The molecule has 74 valence electrons. The van der Waals surface area contributed by atoms with Crippen LogP contribution in [0.3, 0.4) is 0 Å². The molecule has 0 amide bonds. The van der Waals surface area contributed by atoms with Crippen molar-refractivity contribution in [2.45, 2.75) is 19.9 Å². The Morgan fingerprint density at radius 3 is 2.79 bits per heavy atom. The number of aliphatic imine (C=N–C) groups is 1. The van der Waals surface area contributed by atoms with E-state index in [1.165, 1.54) is 6.20 Å². The standard InChI is InChI=1S/C9H12N4O/c1-6(2)11-4-8-9(10)13-7(5-14)3-12-8/h3-6H,1-2H3,(H2,10,13). The Labute approximate surface area is 82.1 Å². The van der Waals surface area contributed by atoms with Crippen LogP contribution < -0.4 is 5.73 Å². The van der Waals surface area contributed by atoms with Crippen LogP contribution in [0.25, 0.3) is 0 Å². The Kier molecular flexibility index (Phi) is 3.28. The van der Waals surface area contributed by atoms with E-state index in [0.717, 1.165) is 0 Å². The van der Waals surface area contributed by atoms with Gasteiger partial charge in [-0.05, 0) is 13.8 Å². The quantitative estimate of drug-likeness (QED) is 0.564. The highest BCUT2D eigenvalue weighted by Crippen LogP contribution is 2.02. The van der Waals surface area contributed by atoms with E-state index in [2.05, 4.69) is 15.0 Å². The van der Waals surface area contributed by atoms with Crippen LogP contribution in [0.2, 0.25) is 0 Å². The largest absolute Gasteiger partial charge is 0.382 e. The lowest BCUT2D eigenvalue weighted by molar-refractivity contribution is 0.111. The number of anilines is 1. The van der Waals surface area contributed by atoms with Crippen LogP contribution in [0.5, 0.6) is 0 Å².